The molecule has 1 saturated carbocycles. The molecule has 2 aromatic rings. The number of esters is 1. The predicted octanol–water partition coefficient (Wildman–Crippen LogP) is 5.18. The van der Waals surface area contributed by atoms with Gasteiger partial charge in [0.1, 0.15) is 11.5 Å². The molecule has 1 aliphatic carbocycles. The second-order valence-corrected chi connectivity index (χ2v) is 7.17. The Labute approximate surface area is 149 Å². The summed E-state index contributed by atoms with van der Waals surface area (Å²) in [7, 11) is 0. The highest BCUT2D eigenvalue weighted by Gasteiger charge is 2.51. The van der Waals surface area contributed by atoms with E-state index in [9.17, 15) is 4.79 Å². The van der Waals surface area contributed by atoms with E-state index in [1.165, 1.54) is 24.8 Å². The number of hydrogen-bond donors (Lipinski definition) is 0. The molecule has 2 heteroatoms. The topological polar surface area (TPSA) is 26.3 Å². The average molecular weight is 332 g/mol. The van der Waals surface area contributed by atoms with Crippen molar-refractivity contribution < 1.29 is 9.53 Å². The van der Waals surface area contributed by atoms with Crippen molar-refractivity contribution in [3.63, 3.8) is 0 Å². The first-order chi connectivity index (χ1) is 12.3. The normalized spacial score (nSPS) is 22.5. The molecule has 4 rings (SSSR count). The molecule has 2 aromatic carbocycles. The van der Waals surface area contributed by atoms with Gasteiger partial charge in [-0.3, -0.25) is 4.79 Å². The molecule has 1 atom stereocenters. The summed E-state index contributed by atoms with van der Waals surface area (Å²) >= 11 is 0. The molecule has 0 N–H and O–H groups in total. The maximum absolute atomic E-state index is 13.1. The third-order valence-electron chi connectivity index (χ3n) is 5.56. The Morgan fingerprint density at radius 2 is 1.40 bits per heavy atom. The average Bonchev–Trinajstić information content (AvgIpc) is 3.01. The highest BCUT2D eigenvalue weighted by Crippen LogP contribution is 2.44. The number of allylic oxidation sites excluding steroid dienone is 1. The molecular weight excluding hydrogens is 308 g/mol. The van der Waals surface area contributed by atoms with Gasteiger partial charge in [0.2, 0.25) is 0 Å². The van der Waals surface area contributed by atoms with Gasteiger partial charge in [-0.2, -0.15) is 0 Å². The van der Waals surface area contributed by atoms with Gasteiger partial charge in [0, 0.05) is 6.42 Å². The van der Waals surface area contributed by atoms with Gasteiger partial charge in [-0.1, -0.05) is 72.7 Å². The summed E-state index contributed by atoms with van der Waals surface area (Å²) < 4.78 is 5.87. The highest BCUT2D eigenvalue weighted by molar-refractivity contribution is 5.90. The van der Waals surface area contributed by atoms with Crippen LogP contribution in [-0.4, -0.2) is 12.1 Å². The van der Waals surface area contributed by atoms with Crippen molar-refractivity contribution in [3.8, 4) is 0 Å². The van der Waals surface area contributed by atoms with E-state index >= 15 is 0 Å². The predicted molar refractivity (Wildman–Crippen MR) is 99.3 cm³/mol. The largest absolute Gasteiger partial charge is 0.457 e. The molecule has 0 radical (unpaired) electrons. The molecule has 25 heavy (non-hydrogen) atoms. The van der Waals surface area contributed by atoms with E-state index in [4.69, 9.17) is 4.74 Å². The van der Waals surface area contributed by atoms with E-state index < -0.39 is 5.41 Å². The van der Waals surface area contributed by atoms with Crippen LogP contribution in [0.4, 0.5) is 0 Å². The Bertz CT molecular complexity index is 714. The zero-order valence-corrected chi connectivity index (χ0v) is 14.5. The Morgan fingerprint density at radius 3 is 1.96 bits per heavy atom. The quantitative estimate of drug-likeness (QED) is 0.572. The van der Waals surface area contributed by atoms with E-state index in [1.807, 2.05) is 60.7 Å². The van der Waals surface area contributed by atoms with Crippen LogP contribution in [0.2, 0.25) is 0 Å². The molecule has 1 aliphatic heterocycles. The summed E-state index contributed by atoms with van der Waals surface area (Å²) in [5.41, 5.74) is 2.81. The van der Waals surface area contributed by atoms with Crippen LogP contribution in [0.25, 0.3) is 0 Å². The first-order valence-corrected chi connectivity index (χ1v) is 9.31. The van der Waals surface area contributed by atoms with Crippen molar-refractivity contribution in [1.82, 2.24) is 0 Å². The Balaban J connectivity index is 1.73. The molecule has 1 heterocycles. The minimum Gasteiger partial charge on any atom is -0.457 e. The molecule has 2 aliphatic rings. The van der Waals surface area contributed by atoms with Gasteiger partial charge in [-0.15, -0.1) is 0 Å². The van der Waals surface area contributed by atoms with Crippen molar-refractivity contribution in [1.29, 1.82) is 0 Å². The minimum absolute atomic E-state index is 0.123. The van der Waals surface area contributed by atoms with Crippen molar-refractivity contribution in [3.05, 3.63) is 83.4 Å². The van der Waals surface area contributed by atoms with Gasteiger partial charge in [-0.25, -0.2) is 0 Å². The second-order valence-electron chi connectivity index (χ2n) is 7.17. The van der Waals surface area contributed by atoms with Crippen LogP contribution in [0.15, 0.2) is 72.3 Å². The second kappa shape index (κ2) is 6.87. The van der Waals surface area contributed by atoms with E-state index in [-0.39, 0.29) is 12.1 Å². The lowest BCUT2D eigenvalue weighted by Crippen LogP contribution is -2.32. The number of carbonyl (C=O) groups excluding carboxylic acids is 1. The van der Waals surface area contributed by atoms with Crippen LogP contribution in [0.3, 0.4) is 0 Å². The first-order valence-electron chi connectivity index (χ1n) is 9.31. The summed E-state index contributed by atoms with van der Waals surface area (Å²) in [6.07, 6.45) is 8.92. The van der Waals surface area contributed by atoms with Crippen molar-refractivity contribution in [2.75, 3.05) is 0 Å². The molecular formula is C23H24O2. The molecule has 128 valence electrons. The molecule has 2 nitrogen and oxygen atoms in total. The number of benzene rings is 2. The summed E-state index contributed by atoms with van der Waals surface area (Å²) in [6, 6.07) is 20.2. The van der Waals surface area contributed by atoms with E-state index in [0.29, 0.717) is 6.42 Å². The lowest BCUT2D eigenvalue weighted by Gasteiger charge is -2.26. The fourth-order valence-electron chi connectivity index (χ4n) is 4.28. The zero-order valence-electron chi connectivity index (χ0n) is 14.5. The molecule has 0 aromatic heterocycles. The van der Waals surface area contributed by atoms with Gasteiger partial charge in [-0.05, 0) is 42.9 Å². The standard InChI is InChI=1S/C23H24O2/c24-22-23(19-12-6-2-7-13-19,20-14-8-3-9-15-20)17-21(25-22)16-18-10-4-1-5-11-18/h2-3,6-9,12-16,21H,1,4-5,10-11,17H2/t21-/m1/s1. The summed E-state index contributed by atoms with van der Waals surface area (Å²) in [4.78, 5) is 13.1. The smallest absolute Gasteiger partial charge is 0.321 e. The summed E-state index contributed by atoms with van der Waals surface area (Å²) in [5.74, 6) is -0.123. The number of hydrogen-bond acceptors (Lipinski definition) is 2. The molecule has 0 unspecified atom stereocenters. The summed E-state index contributed by atoms with van der Waals surface area (Å²) in [6.45, 7) is 0. The number of cyclic esters (lactones) is 1. The maximum atomic E-state index is 13.1. The fourth-order valence-corrected chi connectivity index (χ4v) is 4.28. The third-order valence-corrected chi connectivity index (χ3v) is 5.56. The minimum atomic E-state index is -0.696. The summed E-state index contributed by atoms with van der Waals surface area (Å²) in [5, 5.41) is 0. The SMILES string of the molecule is O=C1O[C@H](C=C2CCCCC2)CC1(c1ccccc1)c1ccccc1. The molecule has 1 saturated heterocycles. The molecule has 0 bridgehead atoms. The van der Waals surface area contributed by atoms with Crippen LogP contribution in [0.5, 0.6) is 0 Å². The van der Waals surface area contributed by atoms with Crippen LogP contribution < -0.4 is 0 Å². The van der Waals surface area contributed by atoms with Crippen LogP contribution in [0.1, 0.15) is 49.7 Å². The Hall–Kier alpha value is -2.35. The lowest BCUT2D eigenvalue weighted by atomic mass is 9.72. The van der Waals surface area contributed by atoms with Gasteiger partial charge >= 0.3 is 5.97 Å². The van der Waals surface area contributed by atoms with Crippen molar-refractivity contribution in [2.45, 2.75) is 50.0 Å². The van der Waals surface area contributed by atoms with Crippen LogP contribution >= 0.6 is 0 Å². The Kier molecular flexibility index (Phi) is 4.44. The van der Waals surface area contributed by atoms with E-state index in [0.717, 1.165) is 24.0 Å². The highest BCUT2D eigenvalue weighted by atomic mass is 16.6. The first kappa shape index (κ1) is 16.1. The molecule has 2 fully saturated rings. The van der Waals surface area contributed by atoms with Gasteiger partial charge in [0.15, 0.2) is 0 Å². The number of ether oxygens (including phenoxy) is 1. The van der Waals surface area contributed by atoms with Crippen molar-refractivity contribution >= 4 is 5.97 Å². The van der Waals surface area contributed by atoms with Crippen molar-refractivity contribution in [2.24, 2.45) is 0 Å². The number of rotatable bonds is 3. The third kappa shape index (κ3) is 3.02. The van der Waals surface area contributed by atoms with E-state index in [1.54, 1.807) is 0 Å². The molecule has 0 amide bonds. The van der Waals surface area contributed by atoms with Crippen LogP contribution in [0, 0.1) is 0 Å². The molecule has 0 spiro atoms. The van der Waals surface area contributed by atoms with Gasteiger partial charge in [0.05, 0.1) is 0 Å². The van der Waals surface area contributed by atoms with Crippen LogP contribution in [-0.2, 0) is 14.9 Å². The number of carbonyl (C=O) groups is 1. The Morgan fingerprint density at radius 1 is 0.840 bits per heavy atom. The zero-order chi connectivity index (χ0) is 17.1. The fraction of sp³-hybridized carbons (Fsp3) is 0.348. The lowest BCUT2D eigenvalue weighted by molar-refractivity contribution is -0.143. The van der Waals surface area contributed by atoms with Gasteiger partial charge in [0.25, 0.3) is 0 Å². The van der Waals surface area contributed by atoms with E-state index in [2.05, 4.69) is 6.08 Å². The monoisotopic (exact) mass is 332 g/mol. The van der Waals surface area contributed by atoms with Gasteiger partial charge < -0.3 is 4.74 Å². The maximum Gasteiger partial charge on any atom is 0.321 e.